The second kappa shape index (κ2) is 9.97. The Kier molecular flexibility index (Phi) is 7.12. The standard InChI is InChI=1S/C25H29NO3/c1-19(2)29-23-13-11-22(12-14-23)25(21-8-5-4-6-9-21)15-16-26(20(3)27)18-24-10-7-17-28-24/h4-14,17,19,25H,15-16,18H2,1-3H3/t25-/m1/s1. The predicted molar refractivity (Wildman–Crippen MR) is 115 cm³/mol. The Morgan fingerprint density at radius 1 is 0.966 bits per heavy atom. The van der Waals surface area contributed by atoms with Crippen molar-refractivity contribution < 1.29 is 13.9 Å². The number of benzene rings is 2. The summed E-state index contributed by atoms with van der Waals surface area (Å²) in [6.45, 7) is 6.80. The molecule has 0 saturated heterocycles. The molecular formula is C25H29NO3. The van der Waals surface area contributed by atoms with Gasteiger partial charge in [-0.05, 0) is 55.7 Å². The van der Waals surface area contributed by atoms with Crippen LogP contribution in [-0.4, -0.2) is 23.5 Å². The van der Waals surface area contributed by atoms with Gasteiger partial charge in [0.2, 0.25) is 5.91 Å². The van der Waals surface area contributed by atoms with E-state index in [4.69, 9.17) is 9.15 Å². The van der Waals surface area contributed by atoms with Crippen molar-refractivity contribution in [2.75, 3.05) is 6.54 Å². The average molecular weight is 392 g/mol. The fraction of sp³-hybridized carbons (Fsp3) is 0.320. The fourth-order valence-electron chi connectivity index (χ4n) is 3.49. The van der Waals surface area contributed by atoms with E-state index >= 15 is 0 Å². The summed E-state index contributed by atoms with van der Waals surface area (Å²) in [5.41, 5.74) is 2.46. The van der Waals surface area contributed by atoms with Gasteiger partial charge < -0.3 is 14.1 Å². The zero-order valence-electron chi connectivity index (χ0n) is 17.4. The van der Waals surface area contributed by atoms with Crippen LogP contribution in [0, 0.1) is 0 Å². The molecule has 0 fully saturated rings. The number of carbonyl (C=O) groups is 1. The van der Waals surface area contributed by atoms with Gasteiger partial charge >= 0.3 is 0 Å². The zero-order chi connectivity index (χ0) is 20.6. The molecule has 3 rings (SSSR count). The summed E-state index contributed by atoms with van der Waals surface area (Å²) >= 11 is 0. The number of hydrogen-bond acceptors (Lipinski definition) is 3. The third-order valence-electron chi connectivity index (χ3n) is 4.92. The predicted octanol–water partition coefficient (Wildman–Crippen LogP) is 5.64. The highest BCUT2D eigenvalue weighted by Crippen LogP contribution is 2.30. The van der Waals surface area contributed by atoms with Crippen molar-refractivity contribution in [2.45, 2.75) is 45.8 Å². The summed E-state index contributed by atoms with van der Waals surface area (Å²) in [7, 11) is 0. The van der Waals surface area contributed by atoms with Crippen molar-refractivity contribution in [2.24, 2.45) is 0 Å². The molecule has 29 heavy (non-hydrogen) atoms. The van der Waals surface area contributed by atoms with Gasteiger partial charge in [-0.25, -0.2) is 0 Å². The molecule has 0 unspecified atom stereocenters. The van der Waals surface area contributed by atoms with Crippen LogP contribution in [0.1, 0.15) is 50.0 Å². The van der Waals surface area contributed by atoms with E-state index in [1.165, 1.54) is 11.1 Å². The summed E-state index contributed by atoms with van der Waals surface area (Å²) in [5, 5.41) is 0. The maximum absolute atomic E-state index is 12.2. The molecule has 0 spiro atoms. The van der Waals surface area contributed by atoms with Crippen LogP contribution >= 0.6 is 0 Å². The van der Waals surface area contributed by atoms with Gasteiger partial charge in [0.15, 0.2) is 0 Å². The lowest BCUT2D eigenvalue weighted by atomic mass is 9.88. The highest BCUT2D eigenvalue weighted by molar-refractivity contribution is 5.73. The van der Waals surface area contributed by atoms with Gasteiger partial charge in [0, 0.05) is 19.4 Å². The molecule has 1 atom stereocenters. The third kappa shape index (κ3) is 5.98. The zero-order valence-corrected chi connectivity index (χ0v) is 17.4. The Morgan fingerprint density at radius 2 is 1.66 bits per heavy atom. The quantitative estimate of drug-likeness (QED) is 0.474. The van der Waals surface area contributed by atoms with E-state index in [0.717, 1.165) is 17.9 Å². The van der Waals surface area contributed by atoms with E-state index in [0.29, 0.717) is 13.1 Å². The van der Waals surface area contributed by atoms with Crippen molar-refractivity contribution in [1.29, 1.82) is 0 Å². The molecular weight excluding hydrogens is 362 g/mol. The maximum atomic E-state index is 12.2. The molecule has 0 saturated carbocycles. The molecule has 1 amide bonds. The van der Waals surface area contributed by atoms with Crippen LogP contribution in [0.25, 0.3) is 0 Å². The summed E-state index contributed by atoms with van der Waals surface area (Å²) in [4.78, 5) is 14.0. The van der Waals surface area contributed by atoms with Crippen molar-refractivity contribution in [3.8, 4) is 5.75 Å². The lowest BCUT2D eigenvalue weighted by molar-refractivity contribution is -0.129. The van der Waals surface area contributed by atoms with Gasteiger partial charge in [-0.15, -0.1) is 0 Å². The van der Waals surface area contributed by atoms with Crippen molar-refractivity contribution in [3.05, 3.63) is 89.9 Å². The molecule has 2 aromatic carbocycles. The summed E-state index contributed by atoms with van der Waals surface area (Å²) in [6.07, 6.45) is 2.62. The number of carbonyl (C=O) groups excluding carboxylic acids is 1. The van der Waals surface area contributed by atoms with Crippen molar-refractivity contribution >= 4 is 5.91 Å². The molecule has 1 heterocycles. The topological polar surface area (TPSA) is 42.7 Å². The molecule has 0 aliphatic carbocycles. The van der Waals surface area contributed by atoms with Crippen molar-refractivity contribution in [3.63, 3.8) is 0 Å². The Bertz CT molecular complexity index is 870. The van der Waals surface area contributed by atoms with Gasteiger partial charge in [0.25, 0.3) is 0 Å². The van der Waals surface area contributed by atoms with Crippen LogP contribution in [0.3, 0.4) is 0 Å². The molecule has 4 nitrogen and oxygen atoms in total. The normalized spacial score (nSPS) is 12.0. The number of ether oxygens (including phenoxy) is 1. The van der Waals surface area contributed by atoms with E-state index in [-0.39, 0.29) is 17.9 Å². The van der Waals surface area contributed by atoms with E-state index in [1.807, 2.05) is 49.1 Å². The van der Waals surface area contributed by atoms with Gasteiger partial charge in [0.05, 0.1) is 18.9 Å². The number of furan rings is 1. The van der Waals surface area contributed by atoms with E-state index in [1.54, 1.807) is 13.2 Å². The SMILES string of the molecule is CC(=O)N(CC[C@H](c1ccccc1)c1ccc(OC(C)C)cc1)Cc1ccco1. The first-order valence-corrected chi connectivity index (χ1v) is 10.1. The maximum Gasteiger partial charge on any atom is 0.219 e. The Balaban J connectivity index is 1.77. The minimum absolute atomic E-state index is 0.0499. The minimum atomic E-state index is 0.0499. The van der Waals surface area contributed by atoms with E-state index in [2.05, 4.69) is 36.4 Å². The van der Waals surface area contributed by atoms with Crippen LogP contribution in [0.5, 0.6) is 5.75 Å². The van der Waals surface area contributed by atoms with Crippen LogP contribution in [0.4, 0.5) is 0 Å². The largest absolute Gasteiger partial charge is 0.491 e. The summed E-state index contributed by atoms with van der Waals surface area (Å²) in [5.74, 6) is 1.92. The molecule has 0 bridgehead atoms. The molecule has 152 valence electrons. The molecule has 1 aromatic heterocycles. The number of amides is 1. The second-order valence-corrected chi connectivity index (χ2v) is 7.51. The molecule has 0 N–H and O–H groups in total. The second-order valence-electron chi connectivity index (χ2n) is 7.51. The van der Waals surface area contributed by atoms with Crippen LogP contribution < -0.4 is 4.74 Å². The Morgan fingerprint density at radius 3 is 2.24 bits per heavy atom. The fourth-order valence-corrected chi connectivity index (χ4v) is 3.49. The first-order valence-electron chi connectivity index (χ1n) is 10.1. The molecule has 0 aliphatic rings. The smallest absolute Gasteiger partial charge is 0.219 e. The molecule has 0 radical (unpaired) electrons. The van der Waals surface area contributed by atoms with Crippen LogP contribution in [-0.2, 0) is 11.3 Å². The highest BCUT2D eigenvalue weighted by atomic mass is 16.5. The third-order valence-corrected chi connectivity index (χ3v) is 4.92. The number of hydrogen-bond donors (Lipinski definition) is 0. The Labute approximate surface area is 173 Å². The lowest BCUT2D eigenvalue weighted by Crippen LogP contribution is -2.30. The van der Waals surface area contributed by atoms with Crippen LogP contribution in [0.2, 0.25) is 0 Å². The molecule has 4 heteroatoms. The minimum Gasteiger partial charge on any atom is -0.491 e. The number of rotatable bonds is 9. The Hall–Kier alpha value is -3.01. The van der Waals surface area contributed by atoms with Crippen molar-refractivity contribution in [1.82, 2.24) is 4.90 Å². The molecule has 0 aliphatic heterocycles. The number of nitrogens with zero attached hydrogens (tertiary/aromatic N) is 1. The molecule has 3 aromatic rings. The van der Waals surface area contributed by atoms with E-state index in [9.17, 15) is 4.79 Å². The van der Waals surface area contributed by atoms with Gasteiger partial charge in [-0.3, -0.25) is 4.79 Å². The van der Waals surface area contributed by atoms with Crippen LogP contribution in [0.15, 0.2) is 77.4 Å². The van der Waals surface area contributed by atoms with Gasteiger partial charge in [0.1, 0.15) is 11.5 Å². The first kappa shape index (κ1) is 20.7. The average Bonchev–Trinajstić information content (AvgIpc) is 3.22. The van der Waals surface area contributed by atoms with E-state index < -0.39 is 0 Å². The summed E-state index contributed by atoms with van der Waals surface area (Å²) < 4.78 is 11.2. The summed E-state index contributed by atoms with van der Waals surface area (Å²) in [6, 6.07) is 22.5. The monoisotopic (exact) mass is 391 g/mol. The highest BCUT2D eigenvalue weighted by Gasteiger charge is 2.18. The van der Waals surface area contributed by atoms with Gasteiger partial charge in [-0.1, -0.05) is 42.5 Å². The lowest BCUT2D eigenvalue weighted by Gasteiger charge is -2.24. The van der Waals surface area contributed by atoms with Gasteiger partial charge in [-0.2, -0.15) is 0 Å². The first-order chi connectivity index (χ1) is 14.0.